The molecule has 0 atom stereocenters. The van der Waals surface area contributed by atoms with Crippen molar-refractivity contribution in [2.45, 2.75) is 26.2 Å². The third-order valence-electron chi connectivity index (χ3n) is 3.98. The first-order valence-corrected chi connectivity index (χ1v) is 8.70. The minimum atomic E-state index is -0.131. The van der Waals surface area contributed by atoms with Crippen molar-refractivity contribution in [3.8, 4) is 11.5 Å². The number of aryl methyl sites for hydroxylation is 2. The van der Waals surface area contributed by atoms with Crippen molar-refractivity contribution in [2.24, 2.45) is 5.10 Å². The highest BCUT2D eigenvalue weighted by Gasteiger charge is 2.05. The van der Waals surface area contributed by atoms with Crippen LogP contribution in [0.3, 0.4) is 0 Å². The summed E-state index contributed by atoms with van der Waals surface area (Å²) >= 11 is 5.96. The number of rotatable bonds is 8. The number of hydrogen-bond acceptors (Lipinski definition) is 4. The Labute approximate surface area is 159 Å². The molecule has 138 valence electrons. The van der Waals surface area contributed by atoms with Gasteiger partial charge >= 0.3 is 0 Å². The van der Waals surface area contributed by atoms with Crippen LogP contribution in [0.25, 0.3) is 0 Å². The Kier molecular flexibility index (Phi) is 7.48. The molecule has 0 bridgehead atoms. The molecule has 5 nitrogen and oxygen atoms in total. The maximum Gasteiger partial charge on any atom is 0.240 e. The number of hydrazone groups is 1. The third kappa shape index (κ3) is 5.77. The maximum absolute atomic E-state index is 11.9. The van der Waals surface area contributed by atoms with E-state index < -0.39 is 0 Å². The molecule has 6 heteroatoms. The largest absolute Gasteiger partial charge is 0.497 e. The van der Waals surface area contributed by atoms with Gasteiger partial charge in [0.05, 0.1) is 20.4 Å². The quantitative estimate of drug-likeness (QED) is 0.558. The minimum absolute atomic E-state index is 0.131. The standard InChI is InChI=1S/C20H23ClN2O3/c1-14-11-18(25-2)9-7-15(14)5-4-6-20(24)23-22-13-16-12-17(21)8-10-19(16)26-3/h7-13H,4-6H2,1-3H3,(H,23,24)/b22-13-. The van der Waals surface area contributed by atoms with Gasteiger partial charge in [-0.05, 0) is 61.2 Å². The summed E-state index contributed by atoms with van der Waals surface area (Å²) in [6.45, 7) is 2.04. The second-order valence-electron chi connectivity index (χ2n) is 5.83. The van der Waals surface area contributed by atoms with Crippen molar-refractivity contribution in [1.82, 2.24) is 5.43 Å². The normalized spacial score (nSPS) is 10.8. The van der Waals surface area contributed by atoms with E-state index in [9.17, 15) is 4.79 Å². The number of amides is 1. The highest BCUT2D eigenvalue weighted by Crippen LogP contribution is 2.21. The van der Waals surface area contributed by atoms with Crippen LogP contribution >= 0.6 is 11.6 Å². The minimum Gasteiger partial charge on any atom is -0.497 e. The van der Waals surface area contributed by atoms with Gasteiger partial charge in [-0.15, -0.1) is 0 Å². The summed E-state index contributed by atoms with van der Waals surface area (Å²) in [7, 11) is 3.22. The number of methoxy groups -OCH3 is 2. The van der Waals surface area contributed by atoms with Crippen molar-refractivity contribution in [2.75, 3.05) is 14.2 Å². The van der Waals surface area contributed by atoms with Crippen molar-refractivity contribution in [3.05, 3.63) is 58.1 Å². The van der Waals surface area contributed by atoms with Crippen LogP contribution in [0.5, 0.6) is 11.5 Å². The Morgan fingerprint density at radius 2 is 2.00 bits per heavy atom. The van der Waals surface area contributed by atoms with Gasteiger partial charge in [-0.2, -0.15) is 5.10 Å². The average Bonchev–Trinajstić information content (AvgIpc) is 2.63. The number of ether oxygens (including phenoxy) is 2. The lowest BCUT2D eigenvalue weighted by Crippen LogP contribution is -2.17. The van der Waals surface area contributed by atoms with E-state index in [0.717, 1.165) is 24.2 Å². The first-order valence-electron chi connectivity index (χ1n) is 8.32. The first kappa shape index (κ1) is 19.8. The number of halogens is 1. The van der Waals surface area contributed by atoms with Gasteiger partial charge in [0.25, 0.3) is 0 Å². The molecule has 1 amide bonds. The predicted octanol–water partition coefficient (Wildman–Crippen LogP) is 4.14. The van der Waals surface area contributed by atoms with E-state index in [4.69, 9.17) is 21.1 Å². The van der Waals surface area contributed by atoms with Crippen LogP contribution in [0.15, 0.2) is 41.5 Å². The Balaban J connectivity index is 1.81. The molecule has 0 aliphatic rings. The Morgan fingerprint density at radius 3 is 2.69 bits per heavy atom. The SMILES string of the molecule is COc1ccc(CCCC(=O)N/N=C\c2cc(Cl)ccc2OC)c(C)c1. The number of nitrogens with one attached hydrogen (secondary N) is 1. The zero-order valence-corrected chi connectivity index (χ0v) is 16.0. The molecule has 26 heavy (non-hydrogen) atoms. The maximum atomic E-state index is 11.9. The number of hydrogen-bond donors (Lipinski definition) is 1. The zero-order chi connectivity index (χ0) is 18.9. The fourth-order valence-electron chi connectivity index (χ4n) is 2.55. The van der Waals surface area contributed by atoms with Crippen LogP contribution in [0, 0.1) is 6.92 Å². The van der Waals surface area contributed by atoms with E-state index in [1.54, 1.807) is 32.4 Å². The van der Waals surface area contributed by atoms with Gasteiger partial charge in [-0.1, -0.05) is 17.7 Å². The van der Waals surface area contributed by atoms with Gasteiger partial charge in [-0.25, -0.2) is 5.43 Å². The van der Waals surface area contributed by atoms with Crippen LogP contribution in [0.2, 0.25) is 5.02 Å². The number of carbonyl (C=O) groups excluding carboxylic acids is 1. The summed E-state index contributed by atoms with van der Waals surface area (Å²) in [6, 6.07) is 11.2. The lowest BCUT2D eigenvalue weighted by molar-refractivity contribution is -0.121. The highest BCUT2D eigenvalue weighted by atomic mass is 35.5. The molecule has 1 N–H and O–H groups in total. The summed E-state index contributed by atoms with van der Waals surface area (Å²) in [6.07, 6.45) is 3.50. The van der Waals surface area contributed by atoms with Crippen LogP contribution in [0.4, 0.5) is 0 Å². The van der Waals surface area contributed by atoms with E-state index in [0.29, 0.717) is 22.8 Å². The number of nitrogens with zero attached hydrogens (tertiary/aromatic N) is 1. The second kappa shape index (κ2) is 9.82. The molecule has 0 saturated carbocycles. The molecular formula is C20H23ClN2O3. The first-order chi connectivity index (χ1) is 12.5. The molecule has 0 unspecified atom stereocenters. The molecule has 0 heterocycles. The highest BCUT2D eigenvalue weighted by molar-refractivity contribution is 6.30. The predicted molar refractivity (Wildman–Crippen MR) is 104 cm³/mol. The van der Waals surface area contributed by atoms with Gasteiger partial charge in [0.15, 0.2) is 0 Å². The monoisotopic (exact) mass is 374 g/mol. The van der Waals surface area contributed by atoms with E-state index in [1.807, 2.05) is 25.1 Å². The molecule has 0 aromatic heterocycles. The van der Waals surface area contributed by atoms with Crippen LogP contribution in [-0.4, -0.2) is 26.3 Å². The number of benzene rings is 2. The summed E-state index contributed by atoms with van der Waals surface area (Å²) in [4.78, 5) is 11.9. The molecule has 2 aromatic carbocycles. The summed E-state index contributed by atoms with van der Waals surface area (Å²) in [5, 5.41) is 4.55. The second-order valence-corrected chi connectivity index (χ2v) is 6.26. The molecule has 2 rings (SSSR count). The van der Waals surface area contributed by atoms with E-state index in [1.165, 1.54) is 11.8 Å². The Bertz CT molecular complexity index is 791. The van der Waals surface area contributed by atoms with Crippen molar-refractivity contribution in [3.63, 3.8) is 0 Å². The topological polar surface area (TPSA) is 59.9 Å². The summed E-state index contributed by atoms with van der Waals surface area (Å²) in [5.41, 5.74) is 5.61. The molecule has 2 aromatic rings. The van der Waals surface area contributed by atoms with Crippen molar-refractivity contribution < 1.29 is 14.3 Å². The molecule has 0 saturated heterocycles. The van der Waals surface area contributed by atoms with E-state index in [2.05, 4.69) is 10.5 Å². The smallest absolute Gasteiger partial charge is 0.240 e. The van der Waals surface area contributed by atoms with Gasteiger partial charge in [0, 0.05) is 17.0 Å². The van der Waals surface area contributed by atoms with Crippen LogP contribution in [0.1, 0.15) is 29.5 Å². The van der Waals surface area contributed by atoms with Gasteiger partial charge in [-0.3, -0.25) is 4.79 Å². The fourth-order valence-corrected chi connectivity index (χ4v) is 2.73. The zero-order valence-electron chi connectivity index (χ0n) is 15.2. The van der Waals surface area contributed by atoms with Crippen LogP contribution < -0.4 is 14.9 Å². The van der Waals surface area contributed by atoms with Crippen LogP contribution in [-0.2, 0) is 11.2 Å². The van der Waals surface area contributed by atoms with Gasteiger partial charge in [0.2, 0.25) is 5.91 Å². The lowest BCUT2D eigenvalue weighted by atomic mass is 10.0. The Morgan fingerprint density at radius 1 is 1.19 bits per heavy atom. The van der Waals surface area contributed by atoms with Crippen molar-refractivity contribution in [1.29, 1.82) is 0 Å². The van der Waals surface area contributed by atoms with E-state index in [-0.39, 0.29) is 5.91 Å². The van der Waals surface area contributed by atoms with E-state index >= 15 is 0 Å². The molecule has 0 radical (unpaired) electrons. The lowest BCUT2D eigenvalue weighted by Gasteiger charge is -2.08. The average molecular weight is 375 g/mol. The molecule has 0 spiro atoms. The summed E-state index contributed by atoms with van der Waals surface area (Å²) < 4.78 is 10.4. The number of carbonyl (C=O) groups is 1. The Hall–Kier alpha value is -2.53. The molecule has 0 aliphatic carbocycles. The van der Waals surface area contributed by atoms with Crippen molar-refractivity contribution >= 4 is 23.7 Å². The molecule has 0 aliphatic heterocycles. The van der Waals surface area contributed by atoms with Gasteiger partial charge < -0.3 is 9.47 Å². The molecule has 0 fully saturated rings. The van der Waals surface area contributed by atoms with Gasteiger partial charge in [0.1, 0.15) is 11.5 Å². The summed E-state index contributed by atoms with van der Waals surface area (Å²) in [5.74, 6) is 1.35. The molecular weight excluding hydrogens is 352 g/mol. The fraction of sp³-hybridized carbons (Fsp3) is 0.300. The third-order valence-corrected chi connectivity index (χ3v) is 4.22.